The molecular formula is C8H6FNOS. The van der Waals surface area contributed by atoms with Gasteiger partial charge in [-0.05, 0) is 18.6 Å². The number of benzene rings is 1. The van der Waals surface area contributed by atoms with Crippen LogP contribution in [0.15, 0.2) is 17.0 Å². The molecule has 0 unspecified atom stereocenters. The van der Waals surface area contributed by atoms with Gasteiger partial charge in [-0.15, -0.1) is 0 Å². The minimum absolute atomic E-state index is 0.00231. The lowest BCUT2D eigenvalue weighted by atomic mass is 10.1. The quantitative estimate of drug-likeness (QED) is 0.680. The molecule has 12 heavy (non-hydrogen) atoms. The Labute approximate surface area is 73.8 Å². The van der Waals surface area contributed by atoms with E-state index in [0.29, 0.717) is 5.56 Å². The summed E-state index contributed by atoms with van der Waals surface area (Å²) in [5.41, 5.74) is 0.859. The molecule has 2 nitrogen and oxygen atoms in total. The van der Waals surface area contributed by atoms with E-state index in [1.54, 1.807) is 6.92 Å². The first-order valence-corrected chi connectivity index (χ1v) is 3.98. The number of rotatable bonds is 1. The van der Waals surface area contributed by atoms with Crippen LogP contribution in [0, 0.1) is 24.1 Å². The van der Waals surface area contributed by atoms with Gasteiger partial charge < -0.3 is 4.55 Å². The molecular weight excluding hydrogens is 177 g/mol. The number of hydrogen-bond acceptors (Lipinski definition) is 3. The third kappa shape index (κ3) is 1.42. The average molecular weight is 183 g/mol. The highest BCUT2D eigenvalue weighted by atomic mass is 32.2. The van der Waals surface area contributed by atoms with E-state index in [0.717, 1.165) is 0 Å². The molecule has 62 valence electrons. The van der Waals surface area contributed by atoms with Gasteiger partial charge in [-0.2, -0.15) is 5.26 Å². The smallest absolute Gasteiger partial charge is 0.140 e. The van der Waals surface area contributed by atoms with E-state index in [9.17, 15) is 4.39 Å². The van der Waals surface area contributed by atoms with Crippen molar-refractivity contribution in [2.75, 3.05) is 0 Å². The van der Waals surface area contributed by atoms with E-state index < -0.39 is 5.82 Å². The zero-order valence-electron chi connectivity index (χ0n) is 6.34. The van der Waals surface area contributed by atoms with Crippen LogP contribution in [0.5, 0.6) is 0 Å². The third-order valence-corrected chi connectivity index (χ3v) is 2.10. The molecule has 0 bridgehead atoms. The van der Waals surface area contributed by atoms with Gasteiger partial charge in [-0.1, -0.05) is 6.07 Å². The minimum atomic E-state index is -0.565. The highest BCUT2D eigenvalue weighted by molar-refractivity contribution is 7.93. The van der Waals surface area contributed by atoms with E-state index >= 15 is 0 Å². The lowest BCUT2D eigenvalue weighted by molar-refractivity contribution is 0.589. The molecule has 0 radical (unpaired) electrons. The number of hydrogen-bond donors (Lipinski definition) is 1. The van der Waals surface area contributed by atoms with Crippen LogP contribution < -0.4 is 0 Å². The summed E-state index contributed by atoms with van der Waals surface area (Å²) < 4.78 is 21.6. The average Bonchev–Trinajstić information content (AvgIpc) is 2.08. The van der Waals surface area contributed by atoms with Crippen LogP contribution in [0.2, 0.25) is 0 Å². The summed E-state index contributed by atoms with van der Waals surface area (Å²) in [4.78, 5) is -0.00231. The minimum Gasteiger partial charge on any atom is -0.325 e. The third-order valence-electron chi connectivity index (χ3n) is 1.52. The molecule has 0 heterocycles. The summed E-state index contributed by atoms with van der Waals surface area (Å²) in [6, 6.07) is 4.57. The Bertz CT molecular complexity index is 346. The second kappa shape index (κ2) is 3.57. The van der Waals surface area contributed by atoms with E-state index in [-0.39, 0.29) is 22.5 Å². The van der Waals surface area contributed by atoms with E-state index in [2.05, 4.69) is 0 Å². The van der Waals surface area contributed by atoms with Crippen LogP contribution in [0.1, 0.15) is 11.1 Å². The van der Waals surface area contributed by atoms with Gasteiger partial charge in [0.25, 0.3) is 0 Å². The van der Waals surface area contributed by atoms with Crippen molar-refractivity contribution in [1.29, 1.82) is 5.26 Å². The largest absolute Gasteiger partial charge is 0.325 e. The molecule has 0 fully saturated rings. The summed E-state index contributed by atoms with van der Waals surface area (Å²) in [5, 5.41) is 8.61. The van der Waals surface area contributed by atoms with Crippen LogP contribution in [-0.4, -0.2) is 4.55 Å². The first-order chi connectivity index (χ1) is 5.70. The molecule has 0 aromatic heterocycles. The SMILES string of the molecule is Cc1ccc(F)c(SO)c1C#N. The second-order valence-electron chi connectivity index (χ2n) is 2.27. The van der Waals surface area contributed by atoms with Crippen molar-refractivity contribution in [3.05, 3.63) is 29.1 Å². The van der Waals surface area contributed by atoms with Crippen molar-refractivity contribution in [3.8, 4) is 6.07 Å². The van der Waals surface area contributed by atoms with Gasteiger partial charge >= 0.3 is 0 Å². The maximum Gasteiger partial charge on any atom is 0.140 e. The number of halogens is 1. The van der Waals surface area contributed by atoms with E-state index in [4.69, 9.17) is 9.81 Å². The molecule has 0 aliphatic heterocycles. The normalized spacial score (nSPS) is 9.50. The Morgan fingerprint density at radius 1 is 1.58 bits per heavy atom. The predicted octanol–water partition coefficient (Wildman–Crippen LogP) is 2.57. The van der Waals surface area contributed by atoms with Crippen molar-refractivity contribution in [2.45, 2.75) is 11.8 Å². The first kappa shape index (κ1) is 9.04. The van der Waals surface area contributed by atoms with Crippen molar-refractivity contribution in [2.24, 2.45) is 0 Å². The Kier molecular flexibility index (Phi) is 2.69. The number of aryl methyl sites for hydroxylation is 1. The highest BCUT2D eigenvalue weighted by Crippen LogP contribution is 2.25. The summed E-state index contributed by atoms with van der Waals surface area (Å²) in [6.45, 7) is 1.69. The number of nitriles is 1. The second-order valence-corrected chi connectivity index (χ2v) is 2.86. The maximum absolute atomic E-state index is 12.9. The van der Waals surface area contributed by atoms with Crippen molar-refractivity contribution in [3.63, 3.8) is 0 Å². The van der Waals surface area contributed by atoms with Gasteiger partial charge in [-0.3, -0.25) is 0 Å². The zero-order chi connectivity index (χ0) is 9.14. The Morgan fingerprint density at radius 3 is 2.67 bits per heavy atom. The fraction of sp³-hybridized carbons (Fsp3) is 0.125. The van der Waals surface area contributed by atoms with Crippen LogP contribution in [-0.2, 0) is 0 Å². The number of nitrogens with zero attached hydrogens (tertiary/aromatic N) is 1. The Morgan fingerprint density at radius 2 is 2.25 bits per heavy atom. The zero-order valence-corrected chi connectivity index (χ0v) is 7.15. The van der Waals surface area contributed by atoms with Crippen molar-refractivity contribution in [1.82, 2.24) is 0 Å². The van der Waals surface area contributed by atoms with Crippen LogP contribution in [0.25, 0.3) is 0 Å². The molecule has 1 aromatic rings. The lowest BCUT2D eigenvalue weighted by Crippen LogP contribution is -1.90. The van der Waals surface area contributed by atoms with Crippen molar-refractivity contribution < 1.29 is 8.94 Å². The molecule has 1 N–H and O–H groups in total. The van der Waals surface area contributed by atoms with Gasteiger partial charge in [0.15, 0.2) is 0 Å². The topological polar surface area (TPSA) is 44.0 Å². The first-order valence-electron chi connectivity index (χ1n) is 3.21. The molecule has 1 aromatic carbocycles. The lowest BCUT2D eigenvalue weighted by Gasteiger charge is -2.02. The summed E-state index contributed by atoms with van der Waals surface area (Å²) >= 11 is 0.263. The van der Waals surface area contributed by atoms with Gasteiger partial charge in [0.1, 0.15) is 11.9 Å². The fourth-order valence-corrected chi connectivity index (χ4v) is 1.34. The Hall–Kier alpha value is -1.05. The van der Waals surface area contributed by atoms with Gasteiger partial charge in [0, 0.05) is 12.0 Å². The Balaban J connectivity index is 3.41. The van der Waals surface area contributed by atoms with Crippen LogP contribution >= 0.6 is 12.0 Å². The van der Waals surface area contributed by atoms with Crippen LogP contribution in [0.4, 0.5) is 4.39 Å². The molecule has 0 amide bonds. The highest BCUT2D eigenvalue weighted by Gasteiger charge is 2.10. The monoisotopic (exact) mass is 183 g/mol. The molecule has 0 spiro atoms. The molecule has 0 atom stereocenters. The van der Waals surface area contributed by atoms with Crippen molar-refractivity contribution >= 4 is 12.0 Å². The van der Waals surface area contributed by atoms with E-state index in [1.807, 2.05) is 6.07 Å². The fourth-order valence-electron chi connectivity index (χ4n) is 0.884. The summed E-state index contributed by atoms with van der Waals surface area (Å²) in [5.74, 6) is -0.565. The van der Waals surface area contributed by atoms with Gasteiger partial charge in [-0.25, -0.2) is 4.39 Å². The maximum atomic E-state index is 12.9. The molecule has 4 heteroatoms. The predicted molar refractivity (Wildman–Crippen MR) is 44.3 cm³/mol. The molecule has 0 saturated heterocycles. The van der Waals surface area contributed by atoms with Gasteiger partial charge in [0.2, 0.25) is 0 Å². The van der Waals surface area contributed by atoms with Crippen LogP contribution in [0.3, 0.4) is 0 Å². The van der Waals surface area contributed by atoms with E-state index in [1.165, 1.54) is 12.1 Å². The standard InChI is InChI=1S/C8H6FNOS/c1-5-2-3-7(9)8(12-11)6(5)4-10/h2-3,11H,1H3. The molecule has 0 aliphatic rings. The summed E-state index contributed by atoms with van der Waals surface area (Å²) in [7, 11) is 0. The summed E-state index contributed by atoms with van der Waals surface area (Å²) in [6.07, 6.45) is 0. The molecule has 0 aliphatic carbocycles. The molecule has 1 rings (SSSR count). The molecule has 0 saturated carbocycles. The van der Waals surface area contributed by atoms with Gasteiger partial charge in [0.05, 0.1) is 10.5 Å².